The summed E-state index contributed by atoms with van der Waals surface area (Å²) >= 11 is 3.22. The second-order valence-electron chi connectivity index (χ2n) is 5.46. The van der Waals surface area contributed by atoms with Crippen molar-refractivity contribution in [3.63, 3.8) is 0 Å². The molecule has 0 bridgehead atoms. The topological polar surface area (TPSA) is 24.9 Å². The Kier molecular flexibility index (Phi) is 5.39. The van der Waals surface area contributed by atoms with Crippen LogP contribution >= 0.6 is 33.9 Å². The van der Waals surface area contributed by atoms with E-state index in [1.54, 1.807) is 5.38 Å². The van der Waals surface area contributed by atoms with Gasteiger partial charge < -0.3 is 5.32 Å². The maximum absolute atomic E-state index is 12.9. The van der Waals surface area contributed by atoms with Gasteiger partial charge in [0.15, 0.2) is 5.13 Å². The second-order valence-corrected chi connectivity index (χ2v) is 7.57. The molecule has 0 unspecified atom stereocenters. The molecule has 10 heteroatoms. The summed E-state index contributed by atoms with van der Waals surface area (Å²) in [6, 6.07) is 8.72. The summed E-state index contributed by atoms with van der Waals surface area (Å²) in [5.41, 5.74) is -1.73. The zero-order chi connectivity index (χ0) is 19.8. The molecule has 0 radical (unpaired) electrons. The van der Waals surface area contributed by atoms with Gasteiger partial charge in [-0.2, -0.15) is 26.3 Å². The highest BCUT2D eigenvalue weighted by molar-refractivity contribution is 14.1. The zero-order valence-electron chi connectivity index (χ0n) is 13.1. The van der Waals surface area contributed by atoms with Gasteiger partial charge in [-0.1, -0.05) is 12.1 Å². The van der Waals surface area contributed by atoms with Gasteiger partial charge in [-0.05, 0) is 52.9 Å². The molecule has 1 aromatic heterocycles. The first-order valence-electron chi connectivity index (χ1n) is 7.30. The molecule has 27 heavy (non-hydrogen) atoms. The lowest BCUT2D eigenvalue weighted by molar-refractivity contribution is -0.143. The molecule has 0 spiro atoms. The van der Waals surface area contributed by atoms with Gasteiger partial charge in [0, 0.05) is 20.2 Å². The van der Waals surface area contributed by atoms with Crippen LogP contribution in [0.2, 0.25) is 0 Å². The van der Waals surface area contributed by atoms with Gasteiger partial charge in [0.1, 0.15) is 0 Å². The maximum atomic E-state index is 12.9. The molecule has 0 amide bonds. The van der Waals surface area contributed by atoms with Crippen LogP contribution in [0.1, 0.15) is 11.1 Å². The molecule has 0 saturated heterocycles. The van der Waals surface area contributed by atoms with Crippen LogP contribution in [0.5, 0.6) is 0 Å². The lowest BCUT2D eigenvalue weighted by Crippen LogP contribution is -2.11. The predicted octanol–water partition coefficient (Wildman–Crippen LogP) is 7.20. The van der Waals surface area contributed by atoms with Crippen molar-refractivity contribution in [1.29, 1.82) is 0 Å². The predicted molar refractivity (Wildman–Crippen MR) is 100.0 cm³/mol. The average molecular weight is 514 g/mol. The molecule has 2 nitrogen and oxygen atoms in total. The number of nitrogens with zero attached hydrogens (tertiary/aromatic N) is 1. The third-order valence-electron chi connectivity index (χ3n) is 3.48. The number of thiazole rings is 1. The molecule has 3 aromatic rings. The molecule has 0 aliphatic carbocycles. The molecule has 142 valence electrons. The van der Waals surface area contributed by atoms with Crippen molar-refractivity contribution in [3.05, 3.63) is 62.5 Å². The Labute approximate surface area is 167 Å². The Balaban J connectivity index is 1.92. The number of rotatable bonds is 3. The molecule has 0 fully saturated rings. The molecule has 0 saturated carbocycles. The summed E-state index contributed by atoms with van der Waals surface area (Å²) < 4.78 is 78.6. The van der Waals surface area contributed by atoms with E-state index in [1.807, 2.05) is 24.3 Å². The van der Waals surface area contributed by atoms with E-state index >= 15 is 0 Å². The van der Waals surface area contributed by atoms with Gasteiger partial charge in [0.2, 0.25) is 0 Å². The molecule has 0 aliphatic heterocycles. The van der Waals surface area contributed by atoms with Crippen molar-refractivity contribution < 1.29 is 26.3 Å². The summed E-state index contributed by atoms with van der Waals surface area (Å²) in [5, 5.41) is 4.40. The van der Waals surface area contributed by atoms with E-state index in [4.69, 9.17) is 0 Å². The van der Waals surface area contributed by atoms with Gasteiger partial charge in [0.25, 0.3) is 0 Å². The summed E-state index contributed by atoms with van der Waals surface area (Å²) in [4.78, 5) is 4.23. The van der Waals surface area contributed by atoms with Crippen LogP contribution in [0.25, 0.3) is 11.3 Å². The number of nitrogens with one attached hydrogen (secondary N) is 1. The maximum Gasteiger partial charge on any atom is 0.416 e. The zero-order valence-corrected chi connectivity index (χ0v) is 16.1. The van der Waals surface area contributed by atoms with Gasteiger partial charge in [0.05, 0.1) is 16.8 Å². The van der Waals surface area contributed by atoms with E-state index in [1.165, 1.54) is 0 Å². The third kappa shape index (κ3) is 4.92. The standard InChI is InChI=1S/C17H9F6IN2S/c18-16(19,20)10-5-11(17(21,22)23)7-13(6-10)25-15-26-14(8-27-15)9-1-3-12(24)4-2-9/h1-8H,(H,25,26). The first-order valence-corrected chi connectivity index (χ1v) is 9.26. The lowest BCUT2D eigenvalue weighted by atomic mass is 10.1. The molecular formula is C17H9F6IN2S. The number of hydrogen-bond donors (Lipinski definition) is 1. The van der Waals surface area contributed by atoms with Gasteiger partial charge in [-0.3, -0.25) is 0 Å². The first kappa shape index (κ1) is 19.9. The minimum absolute atomic E-state index is 0.0873. The van der Waals surface area contributed by atoms with E-state index < -0.39 is 23.5 Å². The van der Waals surface area contributed by atoms with Crippen LogP contribution in [-0.4, -0.2) is 4.98 Å². The van der Waals surface area contributed by atoms with Crippen LogP contribution in [0.4, 0.5) is 37.2 Å². The molecule has 1 N–H and O–H groups in total. The lowest BCUT2D eigenvalue weighted by Gasteiger charge is -2.14. The summed E-state index contributed by atoms with van der Waals surface area (Å²) in [7, 11) is 0. The average Bonchev–Trinajstić information content (AvgIpc) is 3.02. The number of hydrogen-bond acceptors (Lipinski definition) is 3. The minimum atomic E-state index is -4.90. The first-order chi connectivity index (χ1) is 12.5. The molecule has 0 aliphatic rings. The Bertz CT molecular complexity index is 915. The summed E-state index contributed by atoms with van der Waals surface area (Å²) in [6.07, 6.45) is -9.79. The van der Waals surface area contributed by atoms with E-state index in [9.17, 15) is 26.3 Å². The number of benzene rings is 2. The highest BCUT2D eigenvalue weighted by Gasteiger charge is 2.37. The molecule has 0 atom stereocenters. The van der Waals surface area contributed by atoms with Crippen LogP contribution in [0.3, 0.4) is 0 Å². The van der Waals surface area contributed by atoms with Gasteiger partial charge in [-0.25, -0.2) is 4.98 Å². The van der Waals surface area contributed by atoms with Crippen molar-refractivity contribution in [1.82, 2.24) is 4.98 Å². The largest absolute Gasteiger partial charge is 0.416 e. The molecular weight excluding hydrogens is 505 g/mol. The Morgan fingerprint density at radius 1 is 0.852 bits per heavy atom. The fourth-order valence-corrected chi connectivity index (χ4v) is 3.33. The number of halogens is 7. The molecule has 1 heterocycles. The van der Waals surface area contributed by atoms with Crippen LogP contribution in [0.15, 0.2) is 47.8 Å². The normalized spacial score (nSPS) is 12.3. The smallest absolute Gasteiger partial charge is 0.332 e. The van der Waals surface area contributed by atoms with E-state index in [0.29, 0.717) is 17.8 Å². The quantitative estimate of drug-likeness (QED) is 0.296. The Morgan fingerprint density at radius 2 is 1.41 bits per heavy atom. The van der Waals surface area contributed by atoms with Crippen molar-refractivity contribution in [2.24, 2.45) is 0 Å². The monoisotopic (exact) mass is 514 g/mol. The Hall–Kier alpha value is -1.82. The Morgan fingerprint density at radius 3 is 1.93 bits per heavy atom. The molecule has 2 aromatic carbocycles. The second kappa shape index (κ2) is 7.30. The third-order valence-corrected chi connectivity index (χ3v) is 4.96. The van der Waals surface area contributed by atoms with E-state index in [-0.39, 0.29) is 16.9 Å². The van der Waals surface area contributed by atoms with Gasteiger partial charge >= 0.3 is 12.4 Å². The SMILES string of the molecule is FC(F)(F)c1cc(Nc2nc(-c3ccc(I)cc3)cs2)cc(C(F)(F)F)c1. The van der Waals surface area contributed by atoms with Crippen LogP contribution in [-0.2, 0) is 12.4 Å². The van der Waals surface area contributed by atoms with Crippen molar-refractivity contribution in [3.8, 4) is 11.3 Å². The summed E-state index contributed by atoms with van der Waals surface area (Å²) in [6.45, 7) is 0. The van der Waals surface area contributed by atoms with Crippen molar-refractivity contribution in [2.75, 3.05) is 5.32 Å². The fraction of sp³-hybridized carbons (Fsp3) is 0.118. The van der Waals surface area contributed by atoms with Gasteiger partial charge in [-0.15, -0.1) is 11.3 Å². The number of anilines is 2. The van der Waals surface area contributed by atoms with E-state index in [2.05, 4.69) is 32.9 Å². The fourth-order valence-electron chi connectivity index (χ4n) is 2.23. The highest BCUT2D eigenvalue weighted by Crippen LogP contribution is 2.38. The number of aromatic nitrogens is 1. The minimum Gasteiger partial charge on any atom is -0.332 e. The summed E-state index contributed by atoms with van der Waals surface area (Å²) in [5.74, 6) is 0. The van der Waals surface area contributed by atoms with Crippen LogP contribution < -0.4 is 5.32 Å². The number of alkyl halides is 6. The highest BCUT2D eigenvalue weighted by atomic mass is 127. The van der Waals surface area contributed by atoms with Crippen LogP contribution in [0, 0.1) is 3.57 Å². The van der Waals surface area contributed by atoms with Crippen molar-refractivity contribution in [2.45, 2.75) is 12.4 Å². The molecule has 3 rings (SSSR count). The van der Waals surface area contributed by atoms with E-state index in [0.717, 1.165) is 20.5 Å². The van der Waals surface area contributed by atoms with Crippen molar-refractivity contribution >= 4 is 44.7 Å².